The van der Waals surface area contributed by atoms with Gasteiger partial charge in [0, 0.05) is 30.6 Å². The molecule has 3 aromatic carbocycles. The normalized spacial score (nSPS) is 20.8. The SMILES string of the molecule is CCc1cc(F)cc(CC)c1NC(=O)CN1C[C@H](c2ccc3c(c2C)OCO3)[C@@H](C(=O)O)[C@@H]1c1ccc2c(c1)CCO2. The lowest BCUT2D eigenvalue weighted by Crippen LogP contribution is -2.35. The summed E-state index contributed by atoms with van der Waals surface area (Å²) < 4.78 is 31.2. The summed E-state index contributed by atoms with van der Waals surface area (Å²) in [7, 11) is 0. The molecule has 0 radical (unpaired) electrons. The summed E-state index contributed by atoms with van der Waals surface area (Å²) in [6, 6.07) is 11.9. The van der Waals surface area contributed by atoms with Crippen molar-refractivity contribution < 1.29 is 33.3 Å². The Morgan fingerprint density at radius 2 is 1.76 bits per heavy atom. The molecule has 2 N–H and O–H groups in total. The second-order valence-electron chi connectivity index (χ2n) is 11.2. The third-order valence-electron chi connectivity index (χ3n) is 8.81. The largest absolute Gasteiger partial charge is 0.493 e. The zero-order valence-electron chi connectivity index (χ0n) is 24.0. The van der Waals surface area contributed by atoms with Crippen LogP contribution in [-0.4, -0.2) is 48.4 Å². The number of likely N-dealkylation sites (tertiary alicyclic amines) is 1. The van der Waals surface area contributed by atoms with E-state index < -0.39 is 23.8 Å². The Hall–Kier alpha value is -4.11. The Balaban J connectivity index is 1.37. The van der Waals surface area contributed by atoms with Crippen molar-refractivity contribution in [2.45, 2.75) is 52.0 Å². The van der Waals surface area contributed by atoms with E-state index in [1.54, 1.807) is 0 Å². The first kappa shape index (κ1) is 28.0. The first-order valence-corrected chi connectivity index (χ1v) is 14.5. The number of fused-ring (bicyclic) bond motifs is 2. The summed E-state index contributed by atoms with van der Waals surface area (Å²) in [6.45, 7) is 6.82. The quantitative estimate of drug-likeness (QED) is 0.372. The molecule has 0 spiro atoms. The van der Waals surface area contributed by atoms with Crippen molar-refractivity contribution >= 4 is 17.6 Å². The summed E-state index contributed by atoms with van der Waals surface area (Å²) in [6.07, 6.45) is 1.88. The van der Waals surface area contributed by atoms with Gasteiger partial charge in [0.15, 0.2) is 11.5 Å². The van der Waals surface area contributed by atoms with E-state index in [0.717, 1.165) is 45.6 Å². The van der Waals surface area contributed by atoms with Crippen molar-refractivity contribution in [2.75, 3.05) is 31.8 Å². The maximum absolute atomic E-state index is 14.2. The summed E-state index contributed by atoms with van der Waals surface area (Å²) >= 11 is 0. The van der Waals surface area contributed by atoms with Gasteiger partial charge < -0.3 is 24.6 Å². The number of benzene rings is 3. The lowest BCUT2D eigenvalue weighted by atomic mass is 9.81. The number of aliphatic carboxylic acids is 1. The van der Waals surface area contributed by atoms with Gasteiger partial charge in [0.2, 0.25) is 12.7 Å². The molecule has 0 bridgehead atoms. The fourth-order valence-electron chi connectivity index (χ4n) is 6.83. The van der Waals surface area contributed by atoms with Crippen LogP contribution < -0.4 is 19.5 Å². The zero-order chi connectivity index (χ0) is 29.5. The van der Waals surface area contributed by atoms with E-state index >= 15 is 0 Å². The van der Waals surface area contributed by atoms with Gasteiger partial charge in [0.1, 0.15) is 11.6 Å². The van der Waals surface area contributed by atoms with Crippen molar-refractivity contribution in [3.63, 3.8) is 0 Å². The Morgan fingerprint density at radius 1 is 1.02 bits per heavy atom. The van der Waals surface area contributed by atoms with Crippen LogP contribution in [0, 0.1) is 18.7 Å². The van der Waals surface area contributed by atoms with Gasteiger partial charge in [-0.2, -0.15) is 0 Å². The number of hydrogen-bond donors (Lipinski definition) is 2. The Kier molecular flexibility index (Phi) is 7.53. The summed E-state index contributed by atoms with van der Waals surface area (Å²) in [5, 5.41) is 13.7. The van der Waals surface area contributed by atoms with Gasteiger partial charge in [-0.25, -0.2) is 4.39 Å². The van der Waals surface area contributed by atoms with Crippen LogP contribution in [0.3, 0.4) is 0 Å². The average Bonchev–Trinajstić information content (AvgIpc) is 3.72. The first-order chi connectivity index (χ1) is 20.3. The number of halogens is 1. The monoisotopic (exact) mass is 574 g/mol. The van der Waals surface area contributed by atoms with Crippen molar-refractivity contribution in [1.29, 1.82) is 0 Å². The van der Waals surface area contributed by atoms with Crippen LogP contribution in [-0.2, 0) is 28.9 Å². The molecule has 1 amide bonds. The molecule has 1 saturated heterocycles. The number of ether oxygens (including phenoxy) is 3. The van der Waals surface area contributed by atoms with E-state index in [9.17, 15) is 19.1 Å². The lowest BCUT2D eigenvalue weighted by Gasteiger charge is -2.27. The molecule has 6 rings (SSSR count). The van der Waals surface area contributed by atoms with Crippen LogP contribution in [0.15, 0.2) is 42.5 Å². The molecule has 220 valence electrons. The van der Waals surface area contributed by atoms with E-state index in [0.29, 0.717) is 43.2 Å². The number of nitrogens with zero attached hydrogens (tertiary/aromatic N) is 1. The number of carbonyl (C=O) groups excluding carboxylic acids is 1. The molecule has 0 aromatic heterocycles. The van der Waals surface area contributed by atoms with Crippen LogP contribution in [0.5, 0.6) is 17.2 Å². The minimum atomic E-state index is -0.929. The molecule has 3 aliphatic rings. The fourth-order valence-corrected chi connectivity index (χ4v) is 6.83. The minimum Gasteiger partial charge on any atom is -0.493 e. The number of carboxylic acids is 1. The molecule has 3 heterocycles. The second-order valence-corrected chi connectivity index (χ2v) is 11.2. The summed E-state index contributed by atoms with van der Waals surface area (Å²) in [4.78, 5) is 28.6. The second kappa shape index (κ2) is 11.3. The molecule has 3 atom stereocenters. The molecule has 8 nitrogen and oxygen atoms in total. The molecule has 0 aliphatic carbocycles. The van der Waals surface area contributed by atoms with Gasteiger partial charge in [-0.3, -0.25) is 14.5 Å². The molecule has 1 fully saturated rings. The lowest BCUT2D eigenvalue weighted by molar-refractivity contribution is -0.143. The van der Waals surface area contributed by atoms with Crippen molar-refractivity contribution in [3.8, 4) is 17.2 Å². The predicted molar refractivity (Wildman–Crippen MR) is 155 cm³/mol. The average molecular weight is 575 g/mol. The highest BCUT2D eigenvalue weighted by molar-refractivity contribution is 5.94. The predicted octanol–water partition coefficient (Wildman–Crippen LogP) is 5.40. The number of amides is 1. The van der Waals surface area contributed by atoms with Gasteiger partial charge >= 0.3 is 5.97 Å². The van der Waals surface area contributed by atoms with Crippen LogP contribution in [0.25, 0.3) is 0 Å². The van der Waals surface area contributed by atoms with E-state index in [4.69, 9.17) is 14.2 Å². The minimum absolute atomic E-state index is 0.0220. The van der Waals surface area contributed by atoms with Crippen molar-refractivity contribution in [1.82, 2.24) is 4.90 Å². The molecule has 3 aliphatic heterocycles. The molecule has 0 saturated carbocycles. The topological polar surface area (TPSA) is 97.3 Å². The number of carbonyl (C=O) groups is 2. The number of rotatable bonds is 8. The maximum atomic E-state index is 14.2. The molecule has 9 heteroatoms. The van der Waals surface area contributed by atoms with Crippen LogP contribution in [0.1, 0.15) is 59.2 Å². The van der Waals surface area contributed by atoms with Crippen molar-refractivity contribution in [3.05, 3.63) is 81.7 Å². The number of nitrogens with one attached hydrogen (secondary N) is 1. The third kappa shape index (κ3) is 4.96. The smallest absolute Gasteiger partial charge is 0.309 e. The highest BCUT2D eigenvalue weighted by Crippen LogP contribution is 2.50. The summed E-state index contributed by atoms with van der Waals surface area (Å²) in [5.41, 5.74) is 5.68. The van der Waals surface area contributed by atoms with E-state index in [2.05, 4.69) is 5.32 Å². The Morgan fingerprint density at radius 3 is 2.48 bits per heavy atom. The number of carboxylic acid groups (broad SMARTS) is 1. The van der Waals surface area contributed by atoms with Gasteiger partial charge in [-0.05, 0) is 77.4 Å². The Bertz CT molecular complexity index is 1530. The standard InChI is InChI=1S/C33H35FN2O6/c1-4-19-13-23(34)14-20(5-2)30(19)35-28(37)16-36-15-25(24-7-9-27-32(18(24)3)42-17-41-27)29(33(38)39)31(36)22-6-8-26-21(12-22)10-11-40-26/h6-9,12-14,25,29,31H,4-5,10-11,15-17H2,1-3H3,(H,35,37)(H,38,39)/t25-,29-,31+/m1/s1. The molecule has 42 heavy (non-hydrogen) atoms. The molecular weight excluding hydrogens is 539 g/mol. The third-order valence-corrected chi connectivity index (χ3v) is 8.81. The summed E-state index contributed by atoms with van der Waals surface area (Å²) in [5.74, 6) is -0.656. The molecule has 0 unspecified atom stereocenters. The van der Waals surface area contributed by atoms with Crippen LogP contribution in [0.4, 0.5) is 10.1 Å². The zero-order valence-corrected chi connectivity index (χ0v) is 24.0. The van der Waals surface area contributed by atoms with E-state index in [1.165, 1.54) is 12.1 Å². The maximum Gasteiger partial charge on any atom is 0.309 e. The van der Waals surface area contributed by atoms with E-state index in [1.807, 2.05) is 56.0 Å². The van der Waals surface area contributed by atoms with Gasteiger partial charge in [0.05, 0.1) is 19.1 Å². The number of anilines is 1. The van der Waals surface area contributed by atoms with Crippen LogP contribution in [0.2, 0.25) is 0 Å². The van der Waals surface area contributed by atoms with Gasteiger partial charge in [-0.15, -0.1) is 0 Å². The van der Waals surface area contributed by atoms with Crippen molar-refractivity contribution in [2.24, 2.45) is 5.92 Å². The highest BCUT2D eigenvalue weighted by Gasteiger charge is 2.49. The molecular formula is C33H35FN2O6. The van der Waals surface area contributed by atoms with Gasteiger partial charge in [0.25, 0.3) is 0 Å². The van der Waals surface area contributed by atoms with E-state index in [-0.39, 0.29) is 25.1 Å². The first-order valence-electron chi connectivity index (χ1n) is 14.5. The number of aryl methyl sites for hydroxylation is 2. The van der Waals surface area contributed by atoms with Gasteiger partial charge in [-0.1, -0.05) is 32.0 Å². The number of hydrogen-bond acceptors (Lipinski definition) is 6. The van der Waals surface area contributed by atoms with Crippen LogP contribution >= 0.6 is 0 Å². The fraction of sp³-hybridized carbons (Fsp3) is 0.394. The molecule has 3 aromatic rings. The highest BCUT2D eigenvalue weighted by atomic mass is 19.1. The Labute approximate surface area is 244 Å².